The highest BCUT2D eigenvalue weighted by atomic mass is 16.6. The van der Waals surface area contributed by atoms with E-state index in [4.69, 9.17) is 9.47 Å². The summed E-state index contributed by atoms with van der Waals surface area (Å²) in [4.78, 5) is 13.6. The molecule has 4 heteroatoms. The van der Waals surface area contributed by atoms with Crippen molar-refractivity contribution < 1.29 is 14.3 Å². The van der Waals surface area contributed by atoms with Crippen molar-refractivity contribution in [1.82, 2.24) is 4.90 Å². The lowest BCUT2D eigenvalue weighted by atomic mass is 10.0. The van der Waals surface area contributed by atoms with Crippen molar-refractivity contribution in [1.29, 1.82) is 0 Å². The van der Waals surface area contributed by atoms with Gasteiger partial charge in [0.05, 0.1) is 13.2 Å². The lowest BCUT2D eigenvalue weighted by Crippen LogP contribution is -2.42. The van der Waals surface area contributed by atoms with Crippen molar-refractivity contribution in [3.8, 4) is 5.75 Å². The van der Waals surface area contributed by atoms with Gasteiger partial charge in [-0.3, -0.25) is 0 Å². The summed E-state index contributed by atoms with van der Waals surface area (Å²) in [5.41, 5.74) is 1.20. The molecular formula is C15H21NO3. The van der Waals surface area contributed by atoms with Crippen molar-refractivity contribution in [3.05, 3.63) is 29.8 Å². The summed E-state index contributed by atoms with van der Waals surface area (Å²) in [5.74, 6) is 1.21. The SMILES string of the molecule is CC(C)Cc1cccc(OC(=O)N2CCOCC2)c1. The molecule has 1 aliphatic rings. The molecule has 0 aliphatic carbocycles. The number of hydrogen-bond acceptors (Lipinski definition) is 3. The number of morpholine rings is 1. The van der Waals surface area contributed by atoms with E-state index in [1.807, 2.05) is 18.2 Å². The van der Waals surface area contributed by atoms with Crippen LogP contribution in [0.25, 0.3) is 0 Å². The summed E-state index contributed by atoms with van der Waals surface area (Å²) >= 11 is 0. The van der Waals surface area contributed by atoms with Gasteiger partial charge in [0, 0.05) is 13.1 Å². The first-order chi connectivity index (χ1) is 9.15. The fourth-order valence-corrected chi connectivity index (χ4v) is 2.12. The molecule has 1 heterocycles. The summed E-state index contributed by atoms with van der Waals surface area (Å²) < 4.78 is 10.6. The highest BCUT2D eigenvalue weighted by molar-refractivity contribution is 5.70. The van der Waals surface area contributed by atoms with Crippen LogP contribution in [0.3, 0.4) is 0 Å². The van der Waals surface area contributed by atoms with E-state index in [-0.39, 0.29) is 6.09 Å². The lowest BCUT2D eigenvalue weighted by molar-refractivity contribution is 0.0416. The van der Waals surface area contributed by atoms with Gasteiger partial charge in [0.15, 0.2) is 0 Å². The average Bonchev–Trinajstić information content (AvgIpc) is 2.39. The van der Waals surface area contributed by atoms with Gasteiger partial charge in [-0.15, -0.1) is 0 Å². The van der Waals surface area contributed by atoms with Gasteiger partial charge in [0.2, 0.25) is 0 Å². The van der Waals surface area contributed by atoms with Crippen molar-refractivity contribution in [2.45, 2.75) is 20.3 Å². The second-order valence-corrected chi connectivity index (χ2v) is 5.21. The monoisotopic (exact) mass is 263 g/mol. The molecule has 1 aromatic carbocycles. The van der Waals surface area contributed by atoms with E-state index >= 15 is 0 Å². The van der Waals surface area contributed by atoms with E-state index in [2.05, 4.69) is 19.9 Å². The first-order valence-electron chi connectivity index (χ1n) is 6.78. The number of ether oxygens (including phenoxy) is 2. The molecule has 1 amide bonds. The number of rotatable bonds is 3. The number of carbonyl (C=O) groups is 1. The predicted octanol–water partition coefficient (Wildman–Crippen LogP) is 2.72. The normalized spacial score (nSPS) is 15.6. The summed E-state index contributed by atoms with van der Waals surface area (Å²) in [7, 11) is 0. The third kappa shape index (κ3) is 4.24. The fourth-order valence-electron chi connectivity index (χ4n) is 2.12. The van der Waals surface area contributed by atoms with E-state index in [0.717, 1.165) is 6.42 Å². The Labute approximate surface area is 114 Å². The van der Waals surface area contributed by atoms with Crippen LogP contribution in [0.4, 0.5) is 4.79 Å². The molecule has 1 aromatic rings. The largest absolute Gasteiger partial charge is 0.415 e. The molecule has 0 aromatic heterocycles. The quantitative estimate of drug-likeness (QED) is 0.841. The Bertz CT molecular complexity index is 425. The minimum Gasteiger partial charge on any atom is -0.410 e. The number of hydrogen-bond donors (Lipinski definition) is 0. The molecule has 1 fully saturated rings. The van der Waals surface area contributed by atoms with Gasteiger partial charge in [-0.1, -0.05) is 26.0 Å². The molecule has 1 aliphatic heterocycles. The first kappa shape index (κ1) is 13.9. The van der Waals surface area contributed by atoms with Gasteiger partial charge in [-0.25, -0.2) is 4.79 Å². The fraction of sp³-hybridized carbons (Fsp3) is 0.533. The Kier molecular flexibility index (Phi) is 4.80. The van der Waals surface area contributed by atoms with Crippen molar-refractivity contribution in [2.24, 2.45) is 5.92 Å². The van der Waals surface area contributed by atoms with Crippen LogP contribution in [0.2, 0.25) is 0 Å². The van der Waals surface area contributed by atoms with E-state index in [9.17, 15) is 4.79 Å². The summed E-state index contributed by atoms with van der Waals surface area (Å²) in [6.07, 6.45) is 0.702. The van der Waals surface area contributed by atoms with Gasteiger partial charge in [0.25, 0.3) is 0 Å². The Morgan fingerprint density at radius 2 is 2.11 bits per heavy atom. The minimum atomic E-state index is -0.287. The van der Waals surface area contributed by atoms with Gasteiger partial charge in [0.1, 0.15) is 5.75 Å². The van der Waals surface area contributed by atoms with Crippen LogP contribution in [0.5, 0.6) is 5.75 Å². The second kappa shape index (κ2) is 6.57. The third-order valence-electron chi connectivity index (χ3n) is 3.02. The summed E-state index contributed by atoms with van der Waals surface area (Å²) in [5, 5.41) is 0. The molecule has 0 unspecified atom stereocenters. The number of benzene rings is 1. The molecule has 2 rings (SSSR count). The van der Waals surface area contributed by atoms with Crippen molar-refractivity contribution in [2.75, 3.05) is 26.3 Å². The Morgan fingerprint density at radius 1 is 1.37 bits per heavy atom. The van der Waals surface area contributed by atoms with E-state index < -0.39 is 0 Å². The first-order valence-corrected chi connectivity index (χ1v) is 6.78. The Balaban J connectivity index is 1.96. The lowest BCUT2D eigenvalue weighted by Gasteiger charge is -2.25. The molecule has 0 radical (unpaired) electrons. The zero-order valence-corrected chi connectivity index (χ0v) is 11.6. The van der Waals surface area contributed by atoms with Gasteiger partial charge in [-0.2, -0.15) is 0 Å². The molecule has 0 bridgehead atoms. The maximum atomic E-state index is 11.9. The minimum absolute atomic E-state index is 0.287. The number of nitrogens with zero attached hydrogens (tertiary/aromatic N) is 1. The molecule has 0 atom stereocenters. The van der Waals surface area contributed by atoms with Crippen molar-refractivity contribution in [3.63, 3.8) is 0 Å². The molecule has 0 spiro atoms. The molecule has 104 valence electrons. The molecule has 19 heavy (non-hydrogen) atoms. The highest BCUT2D eigenvalue weighted by Crippen LogP contribution is 2.17. The van der Waals surface area contributed by atoms with Crippen LogP contribution in [0, 0.1) is 5.92 Å². The highest BCUT2D eigenvalue weighted by Gasteiger charge is 2.18. The van der Waals surface area contributed by atoms with Gasteiger partial charge in [-0.05, 0) is 30.0 Å². The Hall–Kier alpha value is -1.55. The van der Waals surface area contributed by atoms with E-state index in [1.54, 1.807) is 4.90 Å². The van der Waals surface area contributed by atoms with Gasteiger partial charge >= 0.3 is 6.09 Å². The topological polar surface area (TPSA) is 38.8 Å². The zero-order valence-electron chi connectivity index (χ0n) is 11.6. The molecule has 1 saturated heterocycles. The summed E-state index contributed by atoms with van der Waals surface area (Å²) in [6.45, 7) is 6.72. The summed E-state index contributed by atoms with van der Waals surface area (Å²) in [6, 6.07) is 7.76. The maximum Gasteiger partial charge on any atom is 0.415 e. The van der Waals surface area contributed by atoms with Crippen LogP contribution in [-0.4, -0.2) is 37.3 Å². The van der Waals surface area contributed by atoms with Crippen LogP contribution in [0.15, 0.2) is 24.3 Å². The molecule has 4 nitrogen and oxygen atoms in total. The standard InChI is InChI=1S/C15H21NO3/c1-12(2)10-13-4-3-5-14(11-13)19-15(17)16-6-8-18-9-7-16/h3-5,11-12H,6-10H2,1-2H3. The number of amides is 1. The zero-order chi connectivity index (χ0) is 13.7. The molecule has 0 N–H and O–H groups in total. The van der Waals surface area contributed by atoms with Crippen LogP contribution in [-0.2, 0) is 11.2 Å². The van der Waals surface area contributed by atoms with E-state index in [1.165, 1.54) is 5.56 Å². The van der Waals surface area contributed by atoms with Crippen LogP contribution in [0.1, 0.15) is 19.4 Å². The van der Waals surface area contributed by atoms with Crippen LogP contribution < -0.4 is 4.74 Å². The average molecular weight is 263 g/mol. The number of carbonyl (C=O) groups excluding carboxylic acids is 1. The van der Waals surface area contributed by atoms with Crippen LogP contribution >= 0.6 is 0 Å². The smallest absolute Gasteiger partial charge is 0.410 e. The third-order valence-corrected chi connectivity index (χ3v) is 3.02. The van der Waals surface area contributed by atoms with Crippen molar-refractivity contribution >= 4 is 6.09 Å². The predicted molar refractivity (Wildman–Crippen MR) is 73.4 cm³/mol. The second-order valence-electron chi connectivity index (χ2n) is 5.21. The molecule has 0 saturated carbocycles. The Morgan fingerprint density at radius 3 is 2.79 bits per heavy atom. The van der Waals surface area contributed by atoms with Gasteiger partial charge < -0.3 is 14.4 Å². The molecular weight excluding hydrogens is 242 g/mol. The van der Waals surface area contributed by atoms with E-state index in [0.29, 0.717) is 38.0 Å². The maximum absolute atomic E-state index is 11.9.